The summed E-state index contributed by atoms with van der Waals surface area (Å²) in [5, 5.41) is 8.57. The average molecular weight is 302 g/mol. The van der Waals surface area contributed by atoms with E-state index in [2.05, 4.69) is 4.89 Å². The molecule has 21 heavy (non-hydrogen) atoms. The molecule has 2 aromatic rings. The van der Waals surface area contributed by atoms with Crippen molar-refractivity contribution in [2.24, 2.45) is 0 Å². The van der Waals surface area contributed by atoms with Crippen molar-refractivity contribution in [3.63, 3.8) is 0 Å². The third-order valence-electron chi connectivity index (χ3n) is 2.77. The first-order valence-corrected chi connectivity index (χ1v) is 7.73. The van der Waals surface area contributed by atoms with Gasteiger partial charge in [0.15, 0.2) is 0 Å². The van der Waals surface area contributed by atoms with Crippen LogP contribution in [0.2, 0.25) is 0 Å². The summed E-state index contributed by atoms with van der Waals surface area (Å²) >= 11 is 0. The molecule has 0 fully saturated rings. The standard InChI is InChI=1S/C15H14N2O3S/c16-11-10-13-6-8-15(9-7-13)21(18,19)17-20-12-14-4-2-1-3-5-14/h1-9,17H,10,12H2. The lowest BCUT2D eigenvalue weighted by molar-refractivity contribution is 0.0795. The number of rotatable bonds is 6. The molecule has 6 heteroatoms. The Balaban J connectivity index is 1.97. The van der Waals surface area contributed by atoms with Gasteiger partial charge in [-0.2, -0.15) is 5.26 Å². The van der Waals surface area contributed by atoms with Crippen molar-refractivity contribution in [2.45, 2.75) is 17.9 Å². The maximum Gasteiger partial charge on any atom is 0.262 e. The van der Waals surface area contributed by atoms with Gasteiger partial charge < -0.3 is 0 Å². The predicted molar refractivity (Wildman–Crippen MR) is 77.3 cm³/mol. The fraction of sp³-hybridized carbons (Fsp3) is 0.133. The number of sulfonamides is 1. The largest absolute Gasteiger partial charge is 0.282 e. The minimum atomic E-state index is -3.72. The van der Waals surface area contributed by atoms with Crippen molar-refractivity contribution >= 4 is 10.0 Å². The first-order valence-electron chi connectivity index (χ1n) is 6.25. The molecule has 2 rings (SSSR count). The van der Waals surface area contributed by atoms with Gasteiger partial charge in [-0.25, -0.2) is 8.42 Å². The van der Waals surface area contributed by atoms with Crippen LogP contribution in [-0.4, -0.2) is 8.42 Å². The van der Waals surface area contributed by atoms with Crippen LogP contribution in [0.3, 0.4) is 0 Å². The molecule has 0 aliphatic rings. The number of benzene rings is 2. The second-order valence-electron chi connectivity index (χ2n) is 4.34. The Labute approximate surface area is 123 Å². The van der Waals surface area contributed by atoms with Gasteiger partial charge >= 0.3 is 0 Å². The average Bonchev–Trinajstić information content (AvgIpc) is 2.49. The number of hydrogen-bond donors (Lipinski definition) is 1. The fourth-order valence-corrected chi connectivity index (χ4v) is 2.50. The Morgan fingerprint density at radius 1 is 1.00 bits per heavy atom. The van der Waals surface area contributed by atoms with Crippen LogP contribution in [0.15, 0.2) is 59.5 Å². The summed E-state index contributed by atoms with van der Waals surface area (Å²) in [6, 6.07) is 17.4. The maximum absolute atomic E-state index is 12.0. The molecule has 0 atom stereocenters. The lowest BCUT2D eigenvalue weighted by atomic mass is 10.2. The molecule has 0 radical (unpaired) electrons. The normalized spacial score (nSPS) is 11.0. The van der Waals surface area contributed by atoms with E-state index in [-0.39, 0.29) is 17.9 Å². The zero-order valence-corrected chi connectivity index (χ0v) is 12.0. The van der Waals surface area contributed by atoms with Crippen molar-refractivity contribution in [1.29, 1.82) is 5.26 Å². The number of hydrogen-bond acceptors (Lipinski definition) is 4. The van der Waals surface area contributed by atoms with E-state index in [0.29, 0.717) is 0 Å². The van der Waals surface area contributed by atoms with Crippen LogP contribution >= 0.6 is 0 Å². The maximum atomic E-state index is 12.0. The van der Waals surface area contributed by atoms with Crippen LogP contribution < -0.4 is 4.89 Å². The summed E-state index contributed by atoms with van der Waals surface area (Å²) in [7, 11) is -3.72. The summed E-state index contributed by atoms with van der Waals surface area (Å²) in [5.74, 6) is 0. The highest BCUT2D eigenvalue weighted by molar-refractivity contribution is 7.89. The second-order valence-corrected chi connectivity index (χ2v) is 5.98. The lowest BCUT2D eigenvalue weighted by Crippen LogP contribution is -2.23. The zero-order valence-electron chi connectivity index (χ0n) is 11.2. The lowest BCUT2D eigenvalue weighted by Gasteiger charge is -2.07. The van der Waals surface area contributed by atoms with Crippen molar-refractivity contribution in [2.75, 3.05) is 0 Å². The monoisotopic (exact) mass is 302 g/mol. The summed E-state index contributed by atoms with van der Waals surface area (Å²) < 4.78 is 24.0. The number of nitriles is 1. The van der Waals surface area contributed by atoms with Gasteiger partial charge in [0.1, 0.15) is 0 Å². The smallest absolute Gasteiger partial charge is 0.262 e. The van der Waals surface area contributed by atoms with E-state index >= 15 is 0 Å². The predicted octanol–water partition coefficient (Wildman–Crippen LogP) is 2.16. The number of nitrogens with one attached hydrogen (secondary N) is 1. The SMILES string of the molecule is N#CCc1ccc(S(=O)(=O)NOCc2ccccc2)cc1. The van der Waals surface area contributed by atoms with E-state index in [1.807, 2.05) is 36.4 Å². The van der Waals surface area contributed by atoms with Gasteiger partial charge in [-0.05, 0) is 23.3 Å². The second kappa shape index (κ2) is 6.99. The molecule has 0 saturated heterocycles. The molecule has 0 bridgehead atoms. The third kappa shape index (κ3) is 4.39. The highest BCUT2D eigenvalue weighted by Crippen LogP contribution is 2.11. The Morgan fingerprint density at radius 2 is 1.67 bits per heavy atom. The van der Waals surface area contributed by atoms with Crippen LogP contribution in [0.4, 0.5) is 0 Å². The number of nitrogens with zero attached hydrogens (tertiary/aromatic N) is 1. The van der Waals surface area contributed by atoms with E-state index < -0.39 is 10.0 Å². The summed E-state index contributed by atoms with van der Waals surface area (Å²) in [6.07, 6.45) is 0.248. The Kier molecular flexibility index (Phi) is 5.06. The molecule has 0 heterocycles. The van der Waals surface area contributed by atoms with E-state index in [9.17, 15) is 8.42 Å². The van der Waals surface area contributed by atoms with Gasteiger partial charge in [0, 0.05) is 0 Å². The molecule has 108 valence electrons. The van der Waals surface area contributed by atoms with Crippen LogP contribution in [0.1, 0.15) is 11.1 Å². The van der Waals surface area contributed by atoms with Gasteiger partial charge in [-0.3, -0.25) is 4.84 Å². The molecule has 0 spiro atoms. The highest BCUT2D eigenvalue weighted by Gasteiger charge is 2.13. The van der Waals surface area contributed by atoms with Crippen molar-refractivity contribution in [3.05, 3.63) is 65.7 Å². The van der Waals surface area contributed by atoms with E-state index in [0.717, 1.165) is 11.1 Å². The molecule has 0 saturated carbocycles. The quantitative estimate of drug-likeness (QED) is 0.829. The van der Waals surface area contributed by atoms with Crippen molar-refractivity contribution in [3.8, 4) is 6.07 Å². The summed E-state index contributed by atoms with van der Waals surface area (Å²) in [5.41, 5.74) is 1.63. The van der Waals surface area contributed by atoms with Crippen LogP contribution in [0.25, 0.3) is 0 Å². The fourth-order valence-electron chi connectivity index (χ4n) is 1.69. The summed E-state index contributed by atoms with van der Waals surface area (Å²) in [6.45, 7) is 0.145. The van der Waals surface area contributed by atoms with Crippen LogP contribution in [0.5, 0.6) is 0 Å². The minimum absolute atomic E-state index is 0.0947. The van der Waals surface area contributed by atoms with Gasteiger partial charge in [-0.15, -0.1) is 0 Å². The van der Waals surface area contributed by atoms with Crippen LogP contribution in [0, 0.1) is 11.3 Å². The van der Waals surface area contributed by atoms with E-state index in [1.165, 1.54) is 12.1 Å². The Bertz CT molecular complexity index is 720. The topological polar surface area (TPSA) is 79.2 Å². The molecule has 0 aliphatic carbocycles. The third-order valence-corrected chi connectivity index (χ3v) is 4.00. The van der Waals surface area contributed by atoms with Crippen molar-refractivity contribution in [1.82, 2.24) is 4.89 Å². The highest BCUT2D eigenvalue weighted by atomic mass is 32.2. The minimum Gasteiger partial charge on any atom is -0.282 e. The van der Waals surface area contributed by atoms with Crippen LogP contribution in [-0.2, 0) is 27.9 Å². The Hall–Kier alpha value is -2.20. The molecule has 0 amide bonds. The molecule has 0 unspecified atom stereocenters. The molecule has 2 aromatic carbocycles. The van der Waals surface area contributed by atoms with E-state index in [1.54, 1.807) is 12.1 Å². The van der Waals surface area contributed by atoms with Gasteiger partial charge in [0.2, 0.25) is 0 Å². The van der Waals surface area contributed by atoms with Crippen molar-refractivity contribution < 1.29 is 13.3 Å². The molecular formula is C15H14N2O3S. The van der Waals surface area contributed by atoms with E-state index in [4.69, 9.17) is 10.1 Å². The Morgan fingerprint density at radius 3 is 2.29 bits per heavy atom. The summed E-state index contributed by atoms with van der Waals surface area (Å²) in [4.78, 5) is 7.20. The first-order chi connectivity index (χ1) is 10.1. The van der Waals surface area contributed by atoms with Gasteiger partial charge in [0.05, 0.1) is 24.0 Å². The molecule has 0 aliphatic heterocycles. The first kappa shape index (κ1) is 15.2. The molecular weight excluding hydrogens is 288 g/mol. The zero-order chi connectivity index (χ0) is 15.1. The molecule has 5 nitrogen and oxygen atoms in total. The molecule has 1 N–H and O–H groups in total. The molecule has 0 aromatic heterocycles. The van der Waals surface area contributed by atoms with Gasteiger partial charge in [-0.1, -0.05) is 47.3 Å². The van der Waals surface area contributed by atoms with Gasteiger partial charge in [0.25, 0.3) is 10.0 Å².